The van der Waals surface area contributed by atoms with E-state index < -0.39 is 22.4 Å². The zero-order valence-corrected chi connectivity index (χ0v) is 26.7. The van der Waals surface area contributed by atoms with E-state index in [-0.39, 0.29) is 34.9 Å². The Balaban J connectivity index is 2.06. The summed E-state index contributed by atoms with van der Waals surface area (Å²) in [5.41, 5.74) is -0.540. The van der Waals surface area contributed by atoms with E-state index in [4.69, 9.17) is 0 Å². The van der Waals surface area contributed by atoms with Crippen LogP contribution in [-0.2, 0) is 22.4 Å². The first kappa shape index (κ1) is 33.4. The predicted octanol–water partition coefficient (Wildman–Crippen LogP) is 7.81. The zero-order chi connectivity index (χ0) is 28.8. The van der Waals surface area contributed by atoms with Crippen LogP contribution in [0, 0.1) is 21.7 Å². The van der Waals surface area contributed by atoms with Gasteiger partial charge in [0.2, 0.25) is 0 Å². The van der Waals surface area contributed by atoms with Gasteiger partial charge in [-0.25, -0.2) is 0 Å². The van der Waals surface area contributed by atoms with Crippen LogP contribution in [0.3, 0.4) is 0 Å². The Morgan fingerprint density at radius 2 is 1.00 bits per heavy atom. The van der Waals surface area contributed by atoms with Crippen molar-refractivity contribution in [2.24, 2.45) is 21.7 Å². The Morgan fingerprint density at radius 1 is 0.658 bits per heavy atom. The van der Waals surface area contributed by atoms with Crippen LogP contribution >= 0.6 is 0 Å². The number of rotatable bonds is 14. The summed E-state index contributed by atoms with van der Waals surface area (Å²) in [5, 5.41) is 19.0. The molecule has 6 heteroatoms. The van der Waals surface area contributed by atoms with Crippen LogP contribution in [0.1, 0.15) is 107 Å². The van der Waals surface area contributed by atoms with Gasteiger partial charge in [-0.2, -0.15) is 0 Å². The maximum atomic E-state index is 13.4. The van der Waals surface area contributed by atoms with E-state index in [0.29, 0.717) is 0 Å². The van der Waals surface area contributed by atoms with Crippen LogP contribution in [0.5, 0.6) is 0 Å². The van der Waals surface area contributed by atoms with Gasteiger partial charge >= 0.3 is 0 Å². The van der Waals surface area contributed by atoms with Crippen LogP contribution in [0.15, 0.2) is 56.1 Å². The zero-order valence-electron chi connectivity index (χ0n) is 25.1. The molecule has 2 N–H and O–H groups in total. The SMILES string of the molecule is CC1(C)C=C(/C=C/C2=CC(C)(C)C=C(CCCCC(C)(C)CO)[S+]2[O-])[S+]([O-])C(CCCCC(C)(C)CO)=C1. The molecule has 0 aliphatic carbocycles. The standard InChI is InChI=1S/C32H52O4S2/c1-29(2,23-33)17-11-9-13-25-19-31(5,6)21-27(37(25)35)15-16-28-22-32(7,8)20-26(38(28)36)14-10-12-18-30(3,4)24-34/h15-16,19-22,33-34H,9-14,17-18,23-24H2,1-8H3/b16-15+. The van der Waals surface area contributed by atoms with Crippen molar-refractivity contribution in [1.29, 1.82) is 0 Å². The maximum absolute atomic E-state index is 13.4. The summed E-state index contributed by atoms with van der Waals surface area (Å²) < 4.78 is 26.9. The fourth-order valence-electron chi connectivity index (χ4n) is 4.84. The minimum absolute atomic E-state index is 0.0758. The monoisotopic (exact) mass is 564 g/mol. The van der Waals surface area contributed by atoms with Gasteiger partial charge in [-0.05, 0) is 73.0 Å². The van der Waals surface area contributed by atoms with Crippen LogP contribution in [-0.4, -0.2) is 32.5 Å². The third kappa shape index (κ3) is 10.7. The number of aliphatic hydroxyl groups is 2. The van der Waals surface area contributed by atoms with Gasteiger partial charge in [0.25, 0.3) is 0 Å². The van der Waals surface area contributed by atoms with Gasteiger partial charge in [-0.3, -0.25) is 0 Å². The summed E-state index contributed by atoms with van der Waals surface area (Å²) in [7, 11) is 0. The molecule has 4 nitrogen and oxygen atoms in total. The highest BCUT2D eigenvalue weighted by Gasteiger charge is 2.33. The van der Waals surface area contributed by atoms with E-state index in [0.717, 1.165) is 71.0 Å². The molecule has 0 aromatic carbocycles. The second-order valence-corrected chi connectivity index (χ2v) is 17.0. The van der Waals surface area contributed by atoms with Gasteiger partial charge in [0.1, 0.15) is 9.81 Å². The molecule has 0 aromatic rings. The van der Waals surface area contributed by atoms with Gasteiger partial charge < -0.3 is 19.3 Å². The molecule has 2 aliphatic rings. The Kier molecular flexibility index (Phi) is 12.1. The molecule has 0 aromatic heterocycles. The molecule has 0 saturated carbocycles. The minimum atomic E-state index is -1.22. The van der Waals surface area contributed by atoms with E-state index in [1.165, 1.54) is 0 Å². The van der Waals surface area contributed by atoms with Crippen LogP contribution in [0.2, 0.25) is 0 Å². The molecule has 216 valence electrons. The summed E-state index contributed by atoms with van der Waals surface area (Å²) in [5.74, 6) is 0. The summed E-state index contributed by atoms with van der Waals surface area (Å²) in [6.07, 6.45) is 19.5. The van der Waals surface area contributed by atoms with Crippen LogP contribution < -0.4 is 0 Å². The molecule has 0 bridgehead atoms. The van der Waals surface area contributed by atoms with Crippen molar-refractivity contribution in [3.05, 3.63) is 56.1 Å². The number of hydrogen-bond donors (Lipinski definition) is 2. The second kappa shape index (κ2) is 13.7. The lowest BCUT2D eigenvalue weighted by molar-refractivity contribution is 0.147. The number of aliphatic hydroxyl groups excluding tert-OH is 2. The molecule has 2 heterocycles. The smallest absolute Gasteiger partial charge is 0.155 e. The highest BCUT2D eigenvalue weighted by Crippen LogP contribution is 2.40. The Bertz CT molecular complexity index is 875. The number of unbranched alkanes of at least 4 members (excludes halogenated alkanes) is 2. The highest BCUT2D eigenvalue weighted by atomic mass is 32.2. The summed E-state index contributed by atoms with van der Waals surface area (Å²) >= 11 is -2.45. The fourth-order valence-corrected chi connectivity index (χ4v) is 8.13. The molecule has 2 aliphatic heterocycles. The van der Waals surface area contributed by atoms with Gasteiger partial charge in [0, 0.05) is 59.2 Å². The number of allylic oxidation sites excluding steroid dienone is 8. The topological polar surface area (TPSA) is 86.6 Å². The average Bonchev–Trinajstić information content (AvgIpc) is 2.82. The largest absolute Gasteiger partial charge is 0.607 e. The molecule has 0 saturated heterocycles. The van der Waals surface area contributed by atoms with Crippen molar-refractivity contribution in [3.63, 3.8) is 0 Å². The molecule has 0 fully saturated rings. The highest BCUT2D eigenvalue weighted by molar-refractivity contribution is 7.99. The van der Waals surface area contributed by atoms with Gasteiger partial charge in [0.05, 0.1) is 0 Å². The Morgan fingerprint density at radius 3 is 1.32 bits per heavy atom. The lowest BCUT2D eigenvalue weighted by Gasteiger charge is -2.28. The van der Waals surface area contributed by atoms with Crippen molar-refractivity contribution in [3.8, 4) is 0 Å². The van der Waals surface area contributed by atoms with Crippen molar-refractivity contribution in [2.45, 2.75) is 107 Å². The summed E-state index contributed by atoms with van der Waals surface area (Å²) in [4.78, 5) is 3.48. The third-order valence-corrected chi connectivity index (χ3v) is 10.3. The Labute approximate surface area is 238 Å². The van der Waals surface area contributed by atoms with Gasteiger partial charge in [-0.1, -0.05) is 68.2 Å². The van der Waals surface area contributed by atoms with E-state index in [2.05, 4.69) is 79.7 Å². The molecule has 2 rings (SSSR count). The second-order valence-electron chi connectivity index (χ2n) is 13.9. The Hall–Kier alpha value is -0.760. The molecule has 38 heavy (non-hydrogen) atoms. The normalized spacial score (nSPS) is 23.7. The van der Waals surface area contributed by atoms with Crippen molar-refractivity contribution in [2.75, 3.05) is 13.2 Å². The van der Waals surface area contributed by atoms with Gasteiger partial charge in [-0.15, -0.1) is 0 Å². The lowest BCUT2D eigenvalue weighted by atomic mass is 9.87. The minimum Gasteiger partial charge on any atom is -0.607 e. The predicted molar refractivity (Wildman–Crippen MR) is 164 cm³/mol. The van der Waals surface area contributed by atoms with Crippen molar-refractivity contribution in [1.82, 2.24) is 0 Å². The quantitative estimate of drug-likeness (QED) is 0.166. The molecule has 0 radical (unpaired) electrons. The van der Waals surface area contributed by atoms with Crippen LogP contribution in [0.4, 0.5) is 0 Å². The molecule has 0 amide bonds. The fraction of sp³-hybridized carbons (Fsp3) is 0.688. The first-order valence-electron chi connectivity index (χ1n) is 14.1. The molecular formula is C32H52O4S2. The lowest BCUT2D eigenvalue weighted by Crippen LogP contribution is -2.20. The number of hydrogen-bond acceptors (Lipinski definition) is 4. The summed E-state index contributed by atoms with van der Waals surface area (Å²) in [6, 6.07) is 0. The molecule has 2 atom stereocenters. The maximum Gasteiger partial charge on any atom is 0.155 e. The molecule has 2 unspecified atom stereocenters. The van der Waals surface area contributed by atoms with E-state index in [1.54, 1.807) is 0 Å². The average molecular weight is 565 g/mol. The van der Waals surface area contributed by atoms with Crippen molar-refractivity contribution >= 4 is 22.4 Å². The first-order chi connectivity index (χ1) is 17.5. The first-order valence-corrected chi connectivity index (χ1v) is 16.4. The van der Waals surface area contributed by atoms with Crippen molar-refractivity contribution < 1.29 is 19.3 Å². The van der Waals surface area contributed by atoms with E-state index in [1.807, 2.05) is 12.2 Å². The van der Waals surface area contributed by atoms with Gasteiger partial charge in [0.15, 0.2) is 9.81 Å². The van der Waals surface area contributed by atoms with E-state index in [9.17, 15) is 19.3 Å². The third-order valence-electron chi connectivity index (χ3n) is 7.32. The summed E-state index contributed by atoms with van der Waals surface area (Å²) in [6.45, 7) is 17.2. The van der Waals surface area contributed by atoms with Crippen LogP contribution in [0.25, 0.3) is 0 Å². The molecule has 0 spiro atoms. The van der Waals surface area contributed by atoms with E-state index >= 15 is 0 Å². The molecular weight excluding hydrogens is 512 g/mol.